The van der Waals surface area contributed by atoms with Gasteiger partial charge >= 0.3 is 5.97 Å². The van der Waals surface area contributed by atoms with Crippen LogP contribution in [0.4, 0.5) is 5.69 Å². The summed E-state index contributed by atoms with van der Waals surface area (Å²) >= 11 is 0. The molecule has 6 nitrogen and oxygen atoms in total. The van der Waals surface area contributed by atoms with Crippen LogP contribution >= 0.6 is 0 Å². The zero-order valence-electron chi connectivity index (χ0n) is 15.8. The third-order valence-electron chi connectivity index (χ3n) is 5.27. The van der Waals surface area contributed by atoms with Gasteiger partial charge < -0.3 is 15.7 Å². The van der Waals surface area contributed by atoms with Crippen LogP contribution in [0.25, 0.3) is 0 Å². The fourth-order valence-electron chi connectivity index (χ4n) is 3.64. The van der Waals surface area contributed by atoms with E-state index in [1.54, 1.807) is 24.3 Å². The van der Waals surface area contributed by atoms with Gasteiger partial charge in [0.25, 0.3) is 5.91 Å². The summed E-state index contributed by atoms with van der Waals surface area (Å²) < 4.78 is 0. The van der Waals surface area contributed by atoms with Gasteiger partial charge in [-0.25, -0.2) is 0 Å². The minimum Gasteiger partial charge on any atom is -0.481 e. The number of carbonyl (C=O) groups is 3. The van der Waals surface area contributed by atoms with Crippen LogP contribution in [0.15, 0.2) is 48.5 Å². The Labute approximate surface area is 164 Å². The highest BCUT2D eigenvalue weighted by atomic mass is 16.4. The van der Waals surface area contributed by atoms with Gasteiger partial charge in [0.05, 0.1) is 11.8 Å². The molecule has 3 N–H and O–H groups in total. The summed E-state index contributed by atoms with van der Waals surface area (Å²) in [7, 11) is 0. The molecule has 3 rings (SSSR count). The van der Waals surface area contributed by atoms with Crippen molar-refractivity contribution in [2.75, 3.05) is 11.9 Å². The summed E-state index contributed by atoms with van der Waals surface area (Å²) in [4.78, 5) is 35.5. The number of carboxylic acids is 1. The van der Waals surface area contributed by atoms with Gasteiger partial charge in [0.15, 0.2) is 0 Å². The molecule has 2 aromatic rings. The van der Waals surface area contributed by atoms with Gasteiger partial charge in [0.2, 0.25) is 5.91 Å². The number of carbonyl (C=O) groups excluding carboxylic acids is 2. The molecule has 0 saturated heterocycles. The summed E-state index contributed by atoms with van der Waals surface area (Å²) in [5.41, 5.74) is 2.75. The van der Waals surface area contributed by atoms with Gasteiger partial charge in [-0.05, 0) is 61.6 Å². The van der Waals surface area contributed by atoms with E-state index in [-0.39, 0.29) is 24.8 Å². The van der Waals surface area contributed by atoms with Gasteiger partial charge in [-0.2, -0.15) is 0 Å². The van der Waals surface area contributed by atoms with Crippen LogP contribution in [0.3, 0.4) is 0 Å². The minimum absolute atomic E-state index is 0.0571. The number of aliphatic carboxylic acids is 1. The van der Waals surface area contributed by atoms with Gasteiger partial charge in [-0.1, -0.05) is 24.3 Å². The lowest BCUT2D eigenvalue weighted by Crippen LogP contribution is -2.40. The van der Waals surface area contributed by atoms with Gasteiger partial charge in [0.1, 0.15) is 0 Å². The summed E-state index contributed by atoms with van der Waals surface area (Å²) in [6, 6.07) is 14.7. The van der Waals surface area contributed by atoms with Crippen molar-refractivity contribution >= 4 is 23.5 Å². The van der Waals surface area contributed by atoms with E-state index in [0.29, 0.717) is 11.3 Å². The summed E-state index contributed by atoms with van der Waals surface area (Å²) in [5.74, 6) is -1.36. The maximum Gasteiger partial charge on any atom is 0.305 e. The molecule has 1 aliphatic carbocycles. The van der Waals surface area contributed by atoms with Crippen LogP contribution in [0.5, 0.6) is 0 Å². The average molecular weight is 380 g/mol. The topological polar surface area (TPSA) is 95.5 Å². The largest absolute Gasteiger partial charge is 0.481 e. The molecule has 0 radical (unpaired) electrons. The number of nitrogens with one attached hydrogen (secondary N) is 2. The first-order chi connectivity index (χ1) is 13.4. The lowest BCUT2D eigenvalue weighted by molar-refractivity contribution is -0.136. The second-order valence-corrected chi connectivity index (χ2v) is 7.27. The summed E-state index contributed by atoms with van der Waals surface area (Å²) in [6.07, 6.45) is 2.63. The highest BCUT2D eigenvalue weighted by molar-refractivity contribution is 6.00. The molecule has 1 unspecified atom stereocenters. The van der Waals surface area contributed by atoms with Crippen molar-refractivity contribution in [1.29, 1.82) is 0 Å². The molecule has 28 heavy (non-hydrogen) atoms. The fraction of sp³-hybridized carbons (Fsp3) is 0.318. The second kappa shape index (κ2) is 8.25. The highest BCUT2D eigenvalue weighted by Crippen LogP contribution is 2.38. The van der Waals surface area contributed by atoms with Crippen LogP contribution < -0.4 is 10.6 Å². The van der Waals surface area contributed by atoms with E-state index in [9.17, 15) is 14.4 Å². The number of hydrogen-bond donors (Lipinski definition) is 3. The third kappa shape index (κ3) is 4.22. The molecule has 0 bridgehead atoms. The Kier molecular flexibility index (Phi) is 5.78. The highest BCUT2D eigenvalue weighted by Gasteiger charge is 2.38. The molecule has 1 atom stereocenters. The number of anilines is 1. The number of amides is 2. The third-order valence-corrected chi connectivity index (χ3v) is 5.27. The van der Waals surface area contributed by atoms with Crippen LogP contribution in [0, 0.1) is 0 Å². The van der Waals surface area contributed by atoms with E-state index in [4.69, 9.17) is 5.11 Å². The lowest BCUT2D eigenvalue weighted by Gasteiger charge is -2.34. The zero-order chi connectivity index (χ0) is 20.1. The molecule has 6 heteroatoms. The van der Waals surface area contributed by atoms with Crippen LogP contribution in [0.2, 0.25) is 0 Å². The molecule has 0 fully saturated rings. The maximum atomic E-state index is 13.0. The number of benzene rings is 2. The Bertz CT molecular complexity index is 892. The summed E-state index contributed by atoms with van der Waals surface area (Å²) in [5, 5.41) is 14.1. The molecular weight excluding hydrogens is 356 g/mol. The Morgan fingerprint density at radius 2 is 1.79 bits per heavy atom. The first-order valence-corrected chi connectivity index (χ1v) is 9.40. The molecule has 2 aromatic carbocycles. The number of aryl methyl sites for hydroxylation is 1. The first kappa shape index (κ1) is 19.6. The van der Waals surface area contributed by atoms with Crippen molar-refractivity contribution in [3.8, 4) is 0 Å². The zero-order valence-corrected chi connectivity index (χ0v) is 15.8. The number of rotatable bonds is 6. The minimum atomic E-state index is -0.962. The monoisotopic (exact) mass is 380 g/mol. The van der Waals surface area contributed by atoms with Crippen molar-refractivity contribution in [2.45, 2.75) is 38.0 Å². The van der Waals surface area contributed by atoms with E-state index in [0.717, 1.165) is 24.8 Å². The predicted octanol–water partition coefficient (Wildman–Crippen LogP) is 3.12. The van der Waals surface area contributed by atoms with Crippen LogP contribution in [0.1, 0.15) is 47.7 Å². The molecule has 0 aromatic heterocycles. The standard InChI is InChI=1S/C22H24N2O4/c1-22(13-4-6-15-5-2-3-7-18(15)22)21(28)24-17-10-8-16(9-11-17)20(27)23-14-12-19(25)26/h2-3,5,7-11H,4,6,12-14H2,1H3,(H,23,27)(H,24,28)(H,25,26). The Hall–Kier alpha value is -3.15. The number of carboxylic acid groups (broad SMARTS) is 1. The average Bonchev–Trinajstić information content (AvgIpc) is 2.68. The van der Waals surface area contributed by atoms with Crippen molar-refractivity contribution in [2.24, 2.45) is 0 Å². The molecule has 1 aliphatic rings. The van der Waals surface area contributed by atoms with E-state index in [1.165, 1.54) is 5.56 Å². The van der Waals surface area contributed by atoms with E-state index < -0.39 is 11.4 Å². The SMILES string of the molecule is CC1(C(=O)Nc2ccc(C(=O)NCCC(=O)O)cc2)CCCc2ccccc21. The van der Waals surface area contributed by atoms with E-state index in [1.807, 2.05) is 25.1 Å². The van der Waals surface area contributed by atoms with E-state index >= 15 is 0 Å². The molecule has 2 amide bonds. The van der Waals surface area contributed by atoms with Crippen LogP contribution in [-0.2, 0) is 21.4 Å². The molecule has 0 saturated carbocycles. The van der Waals surface area contributed by atoms with E-state index in [2.05, 4.69) is 16.7 Å². The van der Waals surface area contributed by atoms with Crippen molar-refractivity contribution in [3.63, 3.8) is 0 Å². The quantitative estimate of drug-likeness (QED) is 0.717. The molecule has 146 valence electrons. The van der Waals surface area contributed by atoms with Crippen LogP contribution in [-0.4, -0.2) is 29.4 Å². The molecule has 0 heterocycles. The Morgan fingerprint density at radius 3 is 2.50 bits per heavy atom. The van der Waals surface area contributed by atoms with Gasteiger partial charge in [-0.3, -0.25) is 14.4 Å². The van der Waals surface area contributed by atoms with Crippen molar-refractivity contribution < 1.29 is 19.5 Å². The van der Waals surface area contributed by atoms with Crippen molar-refractivity contribution in [1.82, 2.24) is 5.32 Å². The van der Waals surface area contributed by atoms with Gasteiger partial charge in [0, 0.05) is 17.8 Å². The fourth-order valence-corrected chi connectivity index (χ4v) is 3.64. The molecule has 0 aliphatic heterocycles. The summed E-state index contributed by atoms with van der Waals surface area (Å²) in [6.45, 7) is 2.05. The number of hydrogen-bond acceptors (Lipinski definition) is 3. The molecule has 0 spiro atoms. The molecular formula is C22H24N2O4. The smallest absolute Gasteiger partial charge is 0.305 e. The first-order valence-electron chi connectivity index (χ1n) is 9.40. The lowest BCUT2D eigenvalue weighted by atomic mass is 9.70. The van der Waals surface area contributed by atoms with Crippen molar-refractivity contribution in [3.05, 3.63) is 65.2 Å². The number of fused-ring (bicyclic) bond motifs is 1. The predicted molar refractivity (Wildman–Crippen MR) is 106 cm³/mol. The maximum absolute atomic E-state index is 13.0. The van der Waals surface area contributed by atoms with Gasteiger partial charge in [-0.15, -0.1) is 0 Å². The Morgan fingerprint density at radius 1 is 1.07 bits per heavy atom. The normalized spacial score (nSPS) is 18.0. The Balaban J connectivity index is 1.67. The second-order valence-electron chi connectivity index (χ2n) is 7.27.